The summed E-state index contributed by atoms with van der Waals surface area (Å²) in [6.45, 7) is 6.71. The lowest BCUT2D eigenvalue weighted by molar-refractivity contribution is -0.151. The summed E-state index contributed by atoms with van der Waals surface area (Å²) in [4.78, 5) is 37.1. The highest BCUT2D eigenvalue weighted by molar-refractivity contribution is 5.98. The maximum absolute atomic E-state index is 12.4. The number of ketones is 1. The zero-order valence-corrected chi connectivity index (χ0v) is 15.6. The second-order valence-corrected chi connectivity index (χ2v) is 7.83. The number of amides is 1. The van der Waals surface area contributed by atoms with Crippen LogP contribution in [-0.2, 0) is 15.0 Å². The summed E-state index contributed by atoms with van der Waals surface area (Å²) in [5, 5.41) is 18.7. The number of hydrogen-bond acceptors (Lipinski definition) is 4. The van der Waals surface area contributed by atoms with Crippen LogP contribution in [-0.4, -0.2) is 51.5 Å². The van der Waals surface area contributed by atoms with Crippen molar-refractivity contribution < 1.29 is 24.6 Å². The monoisotopic (exact) mass is 361 g/mol. The van der Waals surface area contributed by atoms with Gasteiger partial charge >= 0.3 is 5.97 Å². The number of rotatable bonds is 6. The van der Waals surface area contributed by atoms with Gasteiger partial charge in [-0.2, -0.15) is 0 Å². The third kappa shape index (κ3) is 4.69. The molecule has 1 aromatic carbocycles. The number of carbonyl (C=O) groups excluding carboxylic acids is 2. The number of hydrogen-bond donors (Lipinski definition) is 2. The fraction of sp³-hybridized carbons (Fsp3) is 0.550. The van der Waals surface area contributed by atoms with Crippen molar-refractivity contribution in [2.24, 2.45) is 0 Å². The predicted molar refractivity (Wildman–Crippen MR) is 97.1 cm³/mol. The Bertz CT molecular complexity index is 674. The zero-order valence-electron chi connectivity index (χ0n) is 15.6. The van der Waals surface area contributed by atoms with E-state index in [-0.39, 0.29) is 29.9 Å². The van der Waals surface area contributed by atoms with Crippen LogP contribution in [0.15, 0.2) is 24.3 Å². The molecule has 26 heavy (non-hydrogen) atoms. The van der Waals surface area contributed by atoms with E-state index in [2.05, 4.69) is 20.8 Å². The molecular weight excluding hydrogens is 334 g/mol. The largest absolute Gasteiger partial charge is 0.479 e. The van der Waals surface area contributed by atoms with E-state index in [1.54, 1.807) is 12.1 Å². The molecule has 0 aliphatic carbocycles. The highest BCUT2D eigenvalue weighted by Gasteiger charge is 2.37. The van der Waals surface area contributed by atoms with E-state index in [9.17, 15) is 19.5 Å². The van der Waals surface area contributed by atoms with Crippen molar-refractivity contribution >= 4 is 17.7 Å². The van der Waals surface area contributed by atoms with Crippen molar-refractivity contribution in [1.82, 2.24) is 4.90 Å². The first-order valence-corrected chi connectivity index (χ1v) is 8.95. The van der Waals surface area contributed by atoms with Crippen LogP contribution < -0.4 is 0 Å². The molecule has 0 radical (unpaired) electrons. The molecule has 1 heterocycles. The summed E-state index contributed by atoms with van der Waals surface area (Å²) in [5.74, 6) is -1.73. The molecule has 2 unspecified atom stereocenters. The molecule has 2 N–H and O–H groups in total. The number of likely N-dealkylation sites (tertiary alicyclic amines) is 1. The maximum Gasteiger partial charge on any atom is 0.334 e. The van der Waals surface area contributed by atoms with Gasteiger partial charge in [0.25, 0.3) is 0 Å². The molecule has 142 valence electrons. The Morgan fingerprint density at radius 1 is 1.15 bits per heavy atom. The number of aliphatic hydroxyl groups is 1. The van der Waals surface area contributed by atoms with Crippen molar-refractivity contribution in [3.63, 3.8) is 0 Å². The van der Waals surface area contributed by atoms with Gasteiger partial charge in [-0.15, -0.1) is 0 Å². The summed E-state index contributed by atoms with van der Waals surface area (Å²) >= 11 is 0. The van der Waals surface area contributed by atoms with Crippen molar-refractivity contribution in [3.8, 4) is 0 Å². The van der Waals surface area contributed by atoms with Crippen LogP contribution in [0.3, 0.4) is 0 Å². The van der Waals surface area contributed by atoms with Crippen molar-refractivity contribution in [2.75, 3.05) is 6.54 Å². The summed E-state index contributed by atoms with van der Waals surface area (Å²) in [5.41, 5.74) is 1.70. The van der Waals surface area contributed by atoms with Crippen LogP contribution in [0.1, 0.15) is 62.4 Å². The number of carbonyl (C=O) groups is 3. The first-order chi connectivity index (χ1) is 12.1. The normalized spacial score (nSPS) is 18.6. The van der Waals surface area contributed by atoms with E-state index in [0.29, 0.717) is 24.9 Å². The molecule has 1 aliphatic rings. The number of carboxylic acid groups (broad SMARTS) is 1. The van der Waals surface area contributed by atoms with Gasteiger partial charge in [0, 0.05) is 24.9 Å². The third-order valence-electron chi connectivity index (χ3n) is 4.88. The first kappa shape index (κ1) is 20.1. The fourth-order valence-electron chi connectivity index (χ4n) is 3.26. The smallest absolute Gasteiger partial charge is 0.334 e. The molecule has 0 saturated carbocycles. The van der Waals surface area contributed by atoms with E-state index in [1.165, 1.54) is 4.90 Å². The van der Waals surface area contributed by atoms with Gasteiger partial charge in [0.2, 0.25) is 5.91 Å². The first-order valence-electron chi connectivity index (χ1n) is 8.95. The van der Waals surface area contributed by atoms with Crippen molar-refractivity contribution in [3.05, 3.63) is 35.4 Å². The highest BCUT2D eigenvalue weighted by Crippen LogP contribution is 2.24. The molecule has 6 heteroatoms. The maximum atomic E-state index is 12.4. The molecule has 2 atom stereocenters. The van der Waals surface area contributed by atoms with Gasteiger partial charge in [-0.3, -0.25) is 9.59 Å². The third-order valence-corrected chi connectivity index (χ3v) is 4.88. The second kappa shape index (κ2) is 7.99. The van der Waals surface area contributed by atoms with E-state index >= 15 is 0 Å². The molecule has 0 spiro atoms. The topological polar surface area (TPSA) is 94.9 Å². The Kier molecular flexibility index (Phi) is 6.18. The van der Waals surface area contributed by atoms with Gasteiger partial charge in [-0.25, -0.2) is 4.79 Å². The van der Waals surface area contributed by atoms with Crippen molar-refractivity contribution in [2.45, 2.75) is 64.0 Å². The van der Waals surface area contributed by atoms with E-state index < -0.39 is 18.1 Å². The molecule has 2 rings (SSSR count). The van der Waals surface area contributed by atoms with Crippen LogP contribution in [0.2, 0.25) is 0 Å². The number of aliphatic hydroxyl groups excluding tert-OH is 1. The average Bonchev–Trinajstić information content (AvgIpc) is 3.07. The van der Waals surface area contributed by atoms with Crippen molar-refractivity contribution in [1.29, 1.82) is 0 Å². The lowest BCUT2D eigenvalue weighted by atomic mass is 9.86. The molecule has 1 aromatic rings. The predicted octanol–water partition coefficient (Wildman–Crippen LogP) is 2.38. The summed E-state index contributed by atoms with van der Waals surface area (Å²) in [7, 11) is 0. The van der Waals surface area contributed by atoms with Gasteiger partial charge in [-0.05, 0) is 23.8 Å². The average molecular weight is 361 g/mol. The van der Waals surface area contributed by atoms with E-state index in [1.807, 2.05) is 12.1 Å². The SMILES string of the molecule is CC(C)(C)c1ccc(C(=O)CCC(=O)N2CCCC2C(O)C(=O)O)cc1. The number of benzene rings is 1. The van der Waals surface area contributed by atoms with Crippen LogP contribution in [0, 0.1) is 0 Å². The Morgan fingerprint density at radius 3 is 2.31 bits per heavy atom. The van der Waals surface area contributed by atoms with Gasteiger partial charge < -0.3 is 15.1 Å². The second-order valence-electron chi connectivity index (χ2n) is 7.83. The van der Waals surface area contributed by atoms with E-state index in [0.717, 1.165) is 5.56 Å². The summed E-state index contributed by atoms with van der Waals surface area (Å²) in [6, 6.07) is 6.70. The highest BCUT2D eigenvalue weighted by atomic mass is 16.4. The minimum Gasteiger partial charge on any atom is -0.479 e. The van der Waals surface area contributed by atoms with E-state index in [4.69, 9.17) is 5.11 Å². The lowest BCUT2D eigenvalue weighted by Gasteiger charge is -2.26. The molecule has 1 aliphatic heterocycles. The molecule has 1 fully saturated rings. The van der Waals surface area contributed by atoms with Crippen LogP contribution >= 0.6 is 0 Å². The Balaban J connectivity index is 1.94. The number of Topliss-reactive ketones (excluding diaryl/α,β-unsaturated/α-hetero) is 1. The minimum atomic E-state index is -1.58. The summed E-state index contributed by atoms with van der Waals surface area (Å²) < 4.78 is 0. The van der Waals surface area contributed by atoms with Crippen LogP contribution in [0.25, 0.3) is 0 Å². The molecule has 1 saturated heterocycles. The molecule has 6 nitrogen and oxygen atoms in total. The number of aliphatic carboxylic acids is 1. The standard InChI is InChI=1S/C20H27NO5/c1-20(2,3)14-8-6-13(7-9-14)16(22)10-11-17(23)21-12-4-5-15(21)18(24)19(25)26/h6-9,15,18,24H,4-5,10-12H2,1-3H3,(H,25,26). The Hall–Kier alpha value is -2.21. The van der Waals surface area contributed by atoms with Crippen LogP contribution in [0.5, 0.6) is 0 Å². The Labute approximate surface area is 153 Å². The quantitative estimate of drug-likeness (QED) is 0.759. The van der Waals surface area contributed by atoms with Gasteiger partial charge in [0.05, 0.1) is 6.04 Å². The Morgan fingerprint density at radius 2 is 1.77 bits per heavy atom. The number of carboxylic acids is 1. The molecule has 0 bridgehead atoms. The molecular formula is C20H27NO5. The van der Waals surface area contributed by atoms with Gasteiger partial charge in [0.1, 0.15) is 0 Å². The van der Waals surface area contributed by atoms with Crippen LogP contribution in [0.4, 0.5) is 0 Å². The fourth-order valence-corrected chi connectivity index (χ4v) is 3.26. The molecule has 0 aromatic heterocycles. The minimum absolute atomic E-state index is 0.00723. The number of nitrogens with zero attached hydrogens (tertiary/aromatic N) is 1. The lowest BCUT2D eigenvalue weighted by Crippen LogP contribution is -2.46. The molecule has 1 amide bonds. The summed E-state index contributed by atoms with van der Waals surface area (Å²) in [6.07, 6.45) is -0.380. The van der Waals surface area contributed by atoms with Gasteiger partial charge in [-0.1, -0.05) is 45.0 Å². The van der Waals surface area contributed by atoms with Gasteiger partial charge in [0.15, 0.2) is 11.9 Å². The zero-order chi connectivity index (χ0) is 19.5.